The molecule has 1 heterocycles. The summed E-state index contributed by atoms with van der Waals surface area (Å²) in [7, 11) is -3.67. The molecule has 1 aliphatic rings. The molecule has 0 amide bonds. The minimum atomic E-state index is -3.67. The summed E-state index contributed by atoms with van der Waals surface area (Å²) < 4.78 is 56.1. The predicted molar refractivity (Wildman–Crippen MR) is 99.6 cm³/mol. The summed E-state index contributed by atoms with van der Waals surface area (Å²) in [5.74, 6) is -1.83. The Bertz CT molecular complexity index is 903. The lowest BCUT2D eigenvalue weighted by Crippen LogP contribution is -2.39. The molecule has 0 aromatic heterocycles. The van der Waals surface area contributed by atoms with E-state index >= 15 is 0 Å². The highest BCUT2D eigenvalue weighted by Crippen LogP contribution is 2.35. The van der Waals surface area contributed by atoms with Crippen molar-refractivity contribution < 1.29 is 22.3 Å². The summed E-state index contributed by atoms with van der Waals surface area (Å²) in [5, 5.41) is 8.49. The standard InChI is InChI=1S/C20H23F2NO3S/c1-14(13-24)17-11-18(21)16(10-19(17)22)12-23-9-5-8-20(27(23,25)26)15-6-3-2-4-7-15/h2-4,6-7,10-11,14,20,24H,5,8-9,12-13H2,1H3/t14?,20-/m1/s1. The number of rotatable bonds is 5. The number of halogens is 2. The second kappa shape index (κ2) is 8.04. The fourth-order valence-corrected chi connectivity index (χ4v) is 5.50. The smallest absolute Gasteiger partial charge is 0.221 e. The van der Waals surface area contributed by atoms with E-state index in [4.69, 9.17) is 5.11 Å². The van der Waals surface area contributed by atoms with Crippen LogP contribution in [0.5, 0.6) is 0 Å². The van der Waals surface area contributed by atoms with E-state index in [1.807, 2.05) is 6.07 Å². The molecule has 0 radical (unpaired) electrons. The summed E-state index contributed by atoms with van der Waals surface area (Å²) in [4.78, 5) is 0. The fraction of sp³-hybridized carbons (Fsp3) is 0.400. The van der Waals surface area contributed by atoms with Gasteiger partial charge in [0.15, 0.2) is 0 Å². The number of benzene rings is 2. The van der Waals surface area contributed by atoms with Crippen LogP contribution in [0.2, 0.25) is 0 Å². The Morgan fingerprint density at radius 3 is 2.56 bits per heavy atom. The van der Waals surface area contributed by atoms with Crippen LogP contribution in [-0.2, 0) is 16.6 Å². The van der Waals surface area contributed by atoms with Crippen molar-refractivity contribution in [1.82, 2.24) is 4.31 Å². The zero-order chi connectivity index (χ0) is 19.6. The molecule has 3 rings (SSSR count). The van der Waals surface area contributed by atoms with Crippen LogP contribution in [0.3, 0.4) is 0 Å². The van der Waals surface area contributed by atoms with Crippen molar-refractivity contribution in [2.75, 3.05) is 13.2 Å². The lowest BCUT2D eigenvalue weighted by Gasteiger charge is -2.32. The first kappa shape index (κ1) is 19.9. The number of aliphatic hydroxyl groups excluding tert-OH is 1. The van der Waals surface area contributed by atoms with Crippen LogP contribution >= 0.6 is 0 Å². The van der Waals surface area contributed by atoms with Crippen LogP contribution in [0.15, 0.2) is 42.5 Å². The van der Waals surface area contributed by atoms with Gasteiger partial charge in [0, 0.05) is 31.2 Å². The van der Waals surface area contributed by atoms with Crippen molar-refractivity contribution >= 4 is 10.0 Å². The molecule has 146 valence electrons. The van der Waals surface area contributed by atoms with E-state index in [9.17, 15) is 17.2 Å². The van der Waals surface area contributed by atoms with Gasteiger partial charge in [-0.05, 0) is 36.1 Å². The Labute approximate surface area is 158 Å². The largest absolute Gasteiger partial charge is 0.396 e. The van der Waals surface area contributed by atoms with Gasteiger partial charge in [-0.1, -0.05) is 37.3 Å². The summed E-state index contributed by atoms with van der Waals surface area (Å²) in [6.07, 6.45) is 1.16. The molecule has 2 aromatic rings. The predicted octanol–water partition coefficient (Wildman–Crippen LogP) is 3.73. The zero-order valence-electron chi connectivity index (χ0n) is 15.1. The van der Waals surface area contributed by atoms with Crippen molar-refractivity contribution in [3.8, 4) is 0 Å². The summed E-state index contributed by atoms with van der Waals surface area (Å²) in [6, 6.07) is 11.0. The summed E-state index contributed by atoms with van der Waals surface area (Å²) >= 11 is 0. The highest BCUT2D eigenvalue weighted by Gasteiger charge is 2.37. The first-order valence-corrected chi connectivity index (χ1v) is 10.5. The van der Waals surface area contributed by atoms with Crippen molar-refractivity contribution in [2.24, 2.45) is 0 Å². The van der Waals surface area contributed by atoms with Gasteiger partial charge < -0.3 is 5.11 Å². The van der Waals surface area contributed by atoms with E-state index in [2.05, 4.69) is 0 Å². The van der Waals surface area contributed by atoms with Crippen LogP contribution < -0.4 is 0 Å². The van der Waals surface area contributed by atoms with E-state index < -0.39 is 32.8 Å². The lowest BCUT2D eigenvalue weighted by atomic mass is 9.99. The third-order valence-corrected chi connectivity index (χ3v) is 7.34. The van der Waals surface area contributed by atoms with Crippen LogP contribution in [0.1, 0.15) is 47.6 Å². The van der Waals surface area contributed by atoms with Gasteiger partial charge in [0.25, 0.3) is 0 Å². The van der Waals surface area contributed by atoms with Crippen LogP contribution in [-0.4, -0.2) is 31.0 Å². The van der Waals surface area contributed by atoms with Crippen LogP contribution in [0.4, 0.5) is 8.78 Å². The summed E-state index contributed by atoms with van der Waals surface area (Å²) in [6.45, 7) is 1.37. The molecule has 1 aliphatic heterocycles. The van der Waals surface area contributed by atoms with Gasteiger partial charge in [-0.3, -0.25) is 0 Å². The number of sulfonamides is 1. The first-order valence-electron chi connectivity index (χ1n) is 8.97. The van der Waals surface area contributed by atoms with Gasteiger partial charge in [0.1, 0.15) is 16.9 Å². The number of aliphatic hydroxyl groups is 1. The van der Waals surface area contributed by atoms with Crippen molar-refractivity contribution in [3.63, 3.8) is 0 Å². The van der Waals surface area contributed by atoms with E-state index in [1.165, 1.54) is 4.31 Å². The normalized spacial score (nSPS) is 21.1. The molecule has 1 N–H and O–H groups in total. The number of hydrogen-bond acceptors (Lipinski definition) is 3. The molecular weight excluding hydrogens is 372 g/mol. The molecule has 0 saturated carbocycles. The Morgan fingerprint density at radius 1 is 1.19 bits per heavy atom. The molecule has 1 fully saturated rings. The fourth-order valence-electron chi connectivity index (χ4n) is 3.48. The van der Waals surface area contributed by atoms with Gasteiger partial charge in [-0.25, -0.2) is 17.2 Å². The van der Waals surface area contributed by atoms with Crippen molar-refractivity contribution in [1.29, 1.82) is 0 Å². The average molecular weight is 395 g/mol. The quantitative estimate of drug-likeness (QED) is 0.839. The molecule has 1 unspecified atom stereocenters. The van der Waals surface area contributed by atoms with Gasteiger partial charge in [-0.15, -0.1) is 0 Å². The zero-order valence-corrected chi connectivity index (χ0v) is 15.9. The van der Waals surface area contributed by atoms with Crippen molar-refractivity contribution in [2.45, 2.75) is 37.5 Å². The third-order valence-electron chi connectivity index (χ3n) is 5.08. The molecule has 2 aromatic carbocycles. The van der Waals surface area contributed by atoms with Crippen LogP contribution in [0, 0.1) is 11.6 Å². The number of nitrogens with zero attached hydrogens (tertiary/aromatic N) is 1. The SMILES string of the molecule is CC(CO)c1cc(F)c(CN2CCC[C@H](c3ccccc3)S2(=O)=O)cc1F. The molecular formula is C20H23F2NO3S. The molecule has 27 heavy (non-hydrogen) atoms. The average Bonchev–Trinajstić information content (AvgIpc) is 2.65. The Hall–Kier alpha value is -1.83. The Morgan fingerprint density at radius 2 is 1.89 bits per heavy atom. The topological polar surface area (TPSA) is 57.6 Å². The highest BCUT2D eigenvalue weighted by molar-refractivity contribution is 7.89. The first-order chi connectivity index (χ1) is 12.8. The summed E-state index contributed by atoms with van der Waals surface area (Å²) in [5.41, 5.74) is 0.794. The molecule has 1 saturated heterocycles. The maximum absolute atomic E-state index is 14.5. The molecule has 7 heteroatoms. The minimum absolute atomic E-state index is 0.00123. The Balaban J connectivity index is 1.88. The molecule has 4 nitrogen and oxygen atoms in total. The van der Waals surface area contributed by atoms with Gasteiger partial charge >= 0.3 is 0 Å². The van der Waals surface area contributed by atoms with Gasteiger partial charge in [0.2, 0.25) is 10.0 Å². The highest BCUT2D eigenvalue weighted by atomic mass is 32.2. The second-order valence-corrected chi connectivity index (χ2v) is 9.08. The molecule has 0 aliphatic carbocycles. The molecule has 0 spiro atoms. The lowest BCUT2D eigenvalue weighted by molar-refractivity contribution is 0.270. The molecule has 0 bridgehead atoms. The van der Waals surface area contributed by atoms with Crippen molar-refractivity contribution in [3.05, 3.63) is 70.8 Å². The maximum Gasteiger partial charge on any atom is 0.221 e. The minimum Gasteiger partial charge on any atom is -0.396 e. The van der Waals surface area contributed by atoms with E-state index in [-0.39, 0.29) is 30.8 Å². The maximum atomic E-state index is 14.5. The van der Waals surface area contributed by atoms with Gasteiger partial charge in [0.05, 0.1) is 0 Å². The molecule has 2 atom stereocenters. The third kappa shape index (κ3) is 4.05. The van der Waals surface area contributed by atoms with Crippen LogP contribution in [0.25, 0.3) is 0 Å². The monoisotopic (exact) mass is 395 g/mol. The second-order valence-electron chi connectivity index (χ2n) is 6.97. The Kier molecular flexibility index (Phi) is 5.93. The van der Waals surface area contributed by atoms with E-state index in [0.717, 1.165) is 12.1 Å². The van der Waals surface area contributed by atoms with E-state index in [0.29, 0.717) is 18.4 Å². The number of hydrogen-bond donors (Lipinski definition) is 1. The van der Waals surface area contributed by atoms with Gasteiger partial charge in [-0.2, -0.15) is 4.31 Å². The van der Waals surface area contributed by atoms with E-state index in [1.54, 1.807) is 31.2 Å².